The van der Waals surface area contributed by atoms with Crippen LogP contribution in [0.3, 0.4) is 0 Å². The maximum Gasteiger partial charge on any atom is 0.229 e. The Kier molecular flexibility index (Phi) is 7.45. The van der Waals surface area contributed by atoms with E-state index in [1.54, 1.807) is 0 Å². The van der Waals surface area contributed by atoms with Crippen LogP contribution in [0.4, 0.5) is 5.69 Å². The summed E-state index contributed by atoms with van der Waals surface area (Å²) in [6.07, 6.45) is 3.18. The van der Waals surface area contributed by atoms with Crippen LogP contribution in [0.5, 0.6) is 0 Å². The zero-order valence-corrected chi connectivity index (χ0v) is 17.3. The smallest absolute Gasteiger partial charge is 0.229 e. The number of rotatable bonds is 6. The van der Waals surface area contributed by atoms with Crippen molar-refractivity contribution < 1.29 is 9.59 Å². The fraction of sp³-hybridized carbons (Fsp3) is 0.636. The Morgan fingerprint density at radius 3 is 2.68 bits per heavy atom. The Labute approximate surface area is 168 Å². The number of carbonyl (C=O) groups excluding carboxylic acids is 2. The average molecular weight is 387 g/mol. The molecule has 1 unspecified atom stereocenters. The van der Waals surface area contributed by atoms with E-state index in [4.69, 9.17) is 0 Å². The molecule has 1 atom stereocenters. The molecule has 1 N–H and O–H groups in total. The van der Waals surface area contributed by atoms with Gasteiger partial charge in [-0.05, 0) is 44.0 Å². The molecule has 2 aliphatic heterocycles. The first-order valence-corrected chi connectivity index (χ1v) is 10.6. The lowest BCUT2D eigenvalue weighted by Gasteiger charge is -2.32. The Bertz CT molecular complexity index is 670. The van der Waals surface area contributed by atoms with Gasteiger partial charge >= 0.3 is 0 Å². The zero-order valence-electron chi connectivity index (χ0n) is 17.3. The number of amides is 2. The lowest BCUT2D eigenvalue weighted by Crippen LogP contribution is -2.44. The highest BCUT2D eigenvalue weighted by Gasteiger charge is 2.28. The fourth-order valence-electron chi connectivity index (χ4n) is 4.05. The van der Waals surface area contributed by atoms with Crippen LogP contribution in [0.2, 0.25) is 0 Å². The Balaban J connectivity index is 1.54. The molecule has 1 aromatic carbocycles. The summed E-state index contributed by atoms with van der Waals surface area (Å²) in [7, 11) is 2.16. The van der Waals surface area contributed by atoms with Crippen LogP contribution in [-0.4, -0.2) is 72.8 Å². The quantitative estimate of drug-likeness (QED) is 0.816. The van der Waals surface area contributed by atoms with Crippen molar-refractivity contribution in [2.75, 3.05) is 51.6 Å². The zero-order chi connectivity index (χ0) is 19.9. The molecule has 2 aliphatic rings. The predicted octanol–water partition coefficient (Wildman–Crippen LogP) is 2.41. The SMILES string of the molecule is CCCC(=O)N1CCCC(C(=O)Nc2cccc(CN3CCN(C)CC3)c2)C1. The maximum absolute atomic E-state index is 12.8. The summed E-state index contributed by atoms with van der Waals surface area (Å²) in [4.78, 5) is 31.6. The molecule has 0 aromatic heterocycles. The highest BCUT2D eigenvalue weighted by atomic mass is 16.2. The summed E-state index contributed by atoms with van der Waals surface area (Å²) in [6, 6.07) is 8.17. The molecule has 1 aromatic rings. The maximum atomic E-state index is 12.8. The van der Waals surface area contributed by atoms with Gasteiger partial charge in [0.1, 0.15) is 0 Å². The first-order valence-electron chi connectivity index (χ1n) is 10.6. The number of likely N-dealkylation sites (N-methyl/N-ethyl adjacent to an activating group) is 1. The van der Waals surface area contributed by atoms with Gasteiger partial charge in [0, 0.05) is 57.9 Å². The van der Waals surface area contributed by atoms with E-state index >= 15 is 0 Å². The summed E-state index contributed by atoms with van der Waals surface area (Å²) in [5.41, 5.74) is 2.08. The van der Waals surface area contributed by atoms with Crippen LogP contribution in [0.25, 0.3) is 0 Å². The molecule has 28 heavy (non-hydrogen) atoms. The van der Waals surface area contributed by atoms with Crippen molar-refractivity contribution in [1.29, 1.82) is 0 Å². The third kappa shape index (κ3) is 5.79. The number of piperazine rings is 1. The topological polar surface area (TPSA) is 55.9 Å². The van der Waals surface area contributed by atoms with Crippen molar-refractivity contribution in [1.82, 2.24) is 14.7 Å². The Hall–Kier alpha value is -1.92. The van der Waals surface area contributed by atoms with Gasteiger partial charge in [0.2, 0.25) is 11.8 Å². The number of hydrogen-bond acceptors (Lipinski definition) is 4. The van der Waals surface area contributed by atoms with Gasteiger partial charge in [-0.1, -0.05) is 19.1 Å². The van der Waals surface area contributed by atoms with Gasteiger partial charge in [-0.3, -0.25) is 14.5 Å². The minimum absolute atomic E-state index is 0.0331. The van der Waals surface area contributed by atoms with Gasteiger partial charge in [-0.25, -0.2) is 0 Å². The van der Waals surface area contributed by atoms with E-state index in [0.29, 0.717) is 13.0 Å². The summed E-state index contributed by atoms with van der Waals surface area (Å²) in [5.74, 6) is 0.0933. The number of nitrogens with zero attached hydrogens (tertiary/aromatic N) is 3. The van der Waals surface area contributed by atoms with E-state index in [1.165, 1.54) is 5.56 Å². The van der Waals surface area contributed by atoms with Gasteiger partial charge in [0.25, 0.3) is 0 Å². The highest BCUT2D eigenvalue weighted by molar-refractivity contribution is 5.93. The normalized spacial score (nSPS) is 21.5. The van der Waals surface area contributed by atoms with Gasteiger partial charge in [-0.15, -0.1) is 0 Å². The van der Waals surface area contributed by atoms with Crippen LogP contribution in [0.15, 0.2) is 24.3 Å². The first-order chi connectivity index (χ1) is 13.5. The standard InChI is InChI=1S/C22H34N4O2/c1-3-6-21(27)26-10-5-8-19(17-26)22(28)23-20-9-4-7-18(15-20)16-25-13-11-24(2)12-14-25/h4,7,9,15,19H,3,5-6,8,10-14,16-17H2,1-2H3,(H,23,28). The van der Waals surface area contributed by atoms with Crippen molar-refractivity contribution in [3.8, 4) is 0 Å². The first kappa shape index (κ1) is 20.8. The molecular formula is C22H34N4O2. The molecule has 0 bridgehead atoms. The van der Waals surface area contributed by atoms with E-state index < -0.39 is 0 Å². The Morgan fingerprint density at radius 2 is 1.93 bits per heavy atom. The Morgan fingerprint density at radius 1 is 1.14 bits per heavy atom. The van der Waals surface area contributed by atoms with Crippen molar-refractivity contribution in [3.05, 3.63) is 29.8 Å². The van der Waals surface area contributed by atoms with E-state index in [2.05, 4.69) is 34.3 Å². The van der Waals surface area contributed by atoms with Crippen LogP contribution >= 0.6 is 0 Å². The van der Waals surface area contributed by atoms with Gasteiger partial charge < -0.3 is 15.1 Å². The molecule has 6 heteroatoms. The minimum Gasteiger partial charge on any atom is -0.342 e. The molecule has 154 valence electrons. The number of carbonyl (C=O) groups is 2. The van der Waals surface area contributed by atoms with Crippen LogP contribution in [-0.2, 0) is 16.1 Å². The molecule has 2 fully saturated rings. The molecule has 2 saturated heterocycles. The van der Waals surface area contributed by atoms with Crippen LogP contribution in [0.1, 0.15) is 38.2 Å². The van der Waals surface area contributed by atoms with Crippen molar-refractivity contribution in [2.45, 2.75) is 39.2 Å². The average Bonchev–Trinajstić information content (AvgIpc) is 2.70. The molecule has 2 amide bonds. The third-order valence-electron chi connectivity index (χ3n) is 5.81. The summed E-state index contributed by atoms with van der Waals surface area (Å²) < 4.78 is 0. The van der Waals surface area contributed by atoms with Gasteiger partial charge in [0.05, 0.1) is 5.92 Å². The molecule has 3 rings (SSSR count). The molecule has 0 spiro atoms. The minimum atomic E-state index is -0.115. The number of benzene rings is 1. The number of nitrogens with one attached hydrogen (secondary N) is 1. The van der Waals surface area contributed by atoms with Crippen LogP contribution in [0, 0.1) is 5.92 Å². The number of likely N-dealkylation sites (tertiary alicyclic amines) is 1. The van der Waals surface area contributed by atoms with Crippen LogP contribution < -0.4 is 5.32 Å². The summed E-state index contributed by atoms with van der Waals surface area (Å²) in [6.45, 7) is 8.63. The number of anilines is 1. The monoisotopic (exact) mass is 386 g/mol. The fourth-order valence-corrected chi connectivity index (χ4v) is 4.05. The van der Waals surface area contributed by atoms with E-state index in [1.807, 2.05) is 24.0 Å². The van der Waals surface area contributed by atoms with E-state index in [-0.39, 0.29) is 17.7 Å². The third-order valence-corrected chi connectivity index (χ3v) is 5.81. The second kappa shape index (κ2) is 10.0. The number of hydrogen-bond donors (Lipinski definition) is 1. The van der Waals surface area contributed by atoms with Crippen molar-refractivity contribution in [3.63, 3.8) is 0 Å². The molecule has 0 aliphatic carbocycles. The second-order valence-electron chi connectivity index (χ2n) is 8.20. The predicted molar refractivity (Wildman–Crippen MR) is 112 cm³/mol. The molecule has 2 heterocycles. The summed E-state index contributed by atoms with van der Waals surface area (Å²) >= 11 is 0. The molecule has 0 saturated carbocycles. The lowest BCUT2D eigenvalue weighted by atomic mass is 9.96. The molecular weight excluding hydrogens is 352 g/mol. The van der Waals surface area contributed by atoms with E-state index in [9.17, 15) is 9.59 Å². The van der Waals surface area contributed by atoms with Crippen molar-refractivity contribution >= 4 is 17.5 Å². The van der Waals surface area contributed by atoms with Gasteiger partial charge in [0.15, 0.2) is 0 Å². The van der Waals surface area contributed by atoms with E-state index in [0.717, 1.165) is 64.2 Å². The lowest BCUT2D eigenvalue weighted by molar-refractivity contribution is -0.134. The van der Waals surface area contributed by atoms with Crippen molar-refractivity contribution in [2.24, 2.45) is 5.92 Å². The largest absolute Gasteiger partial charge is 0.342 e. The highest BCUT2D eigenvalue weighted by Crippen LogP contribution is 2.21. The number of piperidine rings is 1. The second-order valence-corrected chi connectivity index (χ2v) is 8.20. The molecule has 0 radical (unpaired) electrons. The molecule has 6 nitrogen and oxygen atoms in total. The van der Waals surface area contributed by atoms with Gasteiger partial charge in [-0.2, -0.15) is 0 Å². The summed E-state index contributed by atoms with van der Waals surface area (Å²) in [5, 5.41) is 3.08.